The first-order valence-corrected chi connectivity index (χ1v) is 41.7. The molecule has 544 valence electrons. The van der Waals surface area contributed by atoms with Gasteiger partial charge in [0.1, 0.15) is 11.2 Å². The molecular weight excluding hydrogens is 1370 g/mol. The van der Waals surface area contributed by atoms with Crippen molar-refractivity contribution < 1.29 is 4.42 Å². The van der Waals surface area contributed by atoms with Crippen LogP contribution in [0.15, 0.2) is 368 Å². The van der Waals surface area contributed by atoms with Crippen LogP contribution < -0.4 is 9.80 Å². The summed E-state index contributed by atoms with van der Waals surface area (Å²) in [7, 11) is 0. The topological polar surface area (TPSA) is 19.6 Å². The van der Waals surface area contributed by atoms with Crippen molar-refractivity contribution in [3.05, 3.63) is 386 Å². The Morgan fingerprint density at radius 1 is 0.212 bits per heavy atom. The van der Waals surface area contributed by atoms with Crippen molar-refractivity contribution in [1.29, 1.82) is 0 Å². The smallest absolute Gasteiger partial charge is 0.135 e. The number of benzene rings is 15. The van der Waals surface area contributed by atoms with Crippen LogP contribution in [0.2, 0.25) is 0 Å². The maximum atomic E-state index is 6.17. The Morgan fingerprint density at radius 3 is 1.01 bits per heavy atom. The molecule has 15 aromatic carbocycles. The summed E-state index contributed by atoms with van der Waals surface area (Å²) in [5, 5.41) is 2.26. The number of fused-ring (bicyclic) bond motifs is 9. The number of furan rings is 1. The maximum Gasteiger partial charge on any atom is 0.135 e. The number of hydrogen-bond donors (Lipinski definition) is 0. The van der Waals surface area contributed by atoms with Crippen LogP contribution >= 0.6 is 0 Å². The van der Waals surface area contributed by atoms with Crippen molar-refractivity contribution in [1.82, 2.24) is 0 Å². The zero-order valence-electron chi connectivity index (χ0n) is 63.6. The fraction of sp³-hybridized carbons (Fsp3) is 0.182. The Labute approximate surface area is 663 Å². The zero-order valence-corrected chi connectivity index (χ0v) is 63.6. The van der Waals surface area contributed by atoms with E-state index in [1.165, 1.54) is 153 Å². The fourth-order valence-electron chi connectivity index (χ4n) is 24.4. The average Bonchev–Trinajstić information content (AvgIpc) is 1.54. The number of hydrogen-bond acceptors (Lipinski definition) is 3. The van der Waals surface area contributed by atoms with Gasteiger partial charge in [-0.25, -0.2) is 0 Å². The summed E-state index contributed by atoms with van der Waals surface area (Å²) in [5.74, 6) is 6.91. The molecule has 8 bridgehead atoms. The first-order valence-electron chi connectivity index (χ1n) is 41.7. The Bertz CT molecular complexity index is 6240. The van der Waals surface area contributed by atoms with Gasteiger partial charge >= 0.3 is 0 Å². The van der Waals surface area contributed by atoms with E-state index < -0.39 is 0 Å². The third-order valence-electron chi connectivity index (χ3n) is 28.6. The molecule has 26 rings (SSSR count). The second kappa shape index (κ2) is 26.7. The molecule has 0 atom stereocenters. The molecule has 1 heterocycles. The molecule has 10 aliphatic carbocycles. The summed E-state index contributed by atoms with van der Waals surface area (Å²) in [4.78, 5) is 4.73. The minimum absolute atomic E-state index is 0.191. The normalized spacial score (nSPS) is 22.6. The lowest BCUT2D eigenvalue weighted by molar-refractivity contribution is -0.0399. The van der Waals surface area contributed by atoms with E-state index in [1.807, 2.05) is 12.1 Å². The second-order valence-electron chi connectivity index (χ2n) is 34.2. The lowest BCUT2D eigenvalue weighted by Gasteiger charge is -2.61. The van der Waals surface area contributed by atoms with Gasteiger partial charge in [-0.15, -0.1) is 0 Å². The molecule has 1 aromatic heterocycles. The molecule has 8 fully saturated rings. The summed E-state index contributed by atoms with van der Waals surface area (Å²) in [6.07, 6.45) is 14.3. The first kappa shape index (κ1) is 66.5. The van der Waals surface area contributed by atoms with E-state index in [0.29, 0.717) is 0 Å². The van der Waals surface area contributed by atoms with Crippen molar-refractivity contribution in [3.8, 4) is 89.0 Å². The summed E-state index contributed by atoms with van der Waals surface area (Å²) in [5.41, 5.74) is 36.5. The van der Waals surface area contributed by atoms with E-state index in [4.69, 9.17) is 4.42 Å². The van der Waals surface area contributed by atoms with Gasteiger partial charge in [-0.3, -0.25) is 0 Å². The molecule has 113 heavy (non-hydrogen) atoms. The highest BCUT2D eigenvalue weighted by Gasteiger charge is 2.63. The summed E-state index contributed by atoms with van der Waals surface area (Å²) in [6.45, 7) is 0. The van der Waals surface area contributed by atoms with E-state index in [-0.39, 0.29) is 10.8 Å². The number of anilines is 6. The molecule has 16 aromatic rings. The molecule has 0 unspecified atom stereocenters. The SMILES string of the molecule is c1ccc(-c2ccc(N(c3ccc(-c4ccc(-c5cccc6c5-c5ccccc5C65C6CC7CC(C6)CC5C7)cc4)cc3)c3ccccc3-c3ccccc3)cc2)cc1.c1ccc(N(c2ccc(-c3ccc(-c4cccc5c4-c4ccccc4C54C5CC6CC(C5)CC4C6)cc3)cc2)c2ccc3oc4ccccc4c3c2)cc1. The van der Waals surface area contributed by atoms with E-state index in [1.54, 1.807) is 22.3 Å². The number of para-hydroxylation sites is 3. The second-order valence-corrected chi connectivity index (χ2v) is 34.2. The largest absolute Gasteiger partial charge is 0.456 e. The Hall–Kier alpha value is -12.3. The highest BCUT2D eigenvalue weighted by atomic mass is 16.3. The van der Waals surface area contributed by atoms with Gasteiger partial charge in [0, 0.05) is 55.6 Å². The highest BCUT2D eigenvalue weighted by Crippen LogP contribution is 2.72. The molecule has 8 saturated carbocycles. The minimum atomic E-state index is 0.191. The molecule has 0 N–H and O–H groups in total. The van der Waals surface area contributed by atoms with Gasteiger partial charge in [0.2, 0.25) is 0 Å². The first-order chi connectivity index (χ1) is 55.9. The lowest BCUT2D eigenvalue weighted by atomic mass is 9.43. The predicted molar refractivity (Wildman–Crippen MR) is 469 cm³/mol. The van der Waals surface area contributed by atoms with E-state index in [2.05, 4.69) is 362 Å². The van der Waals surface area contributed by atoms with Crippen molar-refractivity contribution in [2.75, 3.05) is 9.80 Å². The molecule has 0 radical (unpaired) electrons. The zero-order chi connectivity index (χ0) is 74.3. The lowest BCUT2D eigenvalue weighted by Crippen LogP contribution is -2.55. The van der Waals surface area contributed by atoms with Crippen LogP contribution in [-0.2, 0) is 10.8 Å². The summed E-state index contributed by atoms with van der Waals surface area (Å²) < 4.78 is 6.17. The predicted octanol–water partition coefficient (Wildman–Crippen LogP) is 29.7. The molecule has 2 spiro atoms. The van der Waals surface area contributed by atoms with Crippen LogP contribution in [0, 0.1) is 47.3 Å². The molecule has 3 heteroatoms. The Balaban J connectivity index is 0.000000135. The van der Waals surface area contributed by atoms with Crippen LogP contribution in [0.25, 0.3) is 111 Å². The molecule has 0 saturated heterocycles. The van der Waals surface area contributed by atoms with Crippen LogP contribution in [0.4, 0.5) is 34.1 Å². The van der Waals surface area contributed by atoms with E-state index in [0.717, 1.165) is 103 Å². The monoisotopic (exact) mass is 1450 g/mol. The Morgan fingerprint density at radius 2 is 0.531 bits per heavy atom. The van der Waals surface area contributed by atoms with E-state index in [9.17, 15) is 0 Å². The maximum absolute atomic E-state index is 6.17. The van der Waals surface area contributed by atoms with Gasteiger partial charge in [0.05, 0.1) is 5.69 Å². The standard InChI is InChI=1S/C58H47N.C52H41NO/c1-3-12-41(13-4-1)43-26-30-49(31-27-43)59(56-21-10-8-16-51(56)45-14-5-2-6-15-45)50-32-28-44(29-33-50)42-22-24-46(25-23-42)52-18-11-20-55-57(52)53-17-7-9-19-54(53)58(55)47-35-39-34-40(37-47)38-48(58)36-39;1-2-9-40(10-3-1)53(42-25-26-50-46(32-42)44-11-5-7-16-49(44)54-50)41-23-21-36(22-24-41)35-17-19-37(20-18-35)43-13-8-15-48-51(43)45-12-4-6-14-47(45)52(48)38-28-33-27-34(30-38)31-39(52)29-33/h1-33,39-40,47-48H,34-38H2;1-26,32-34,38-39H,27-31H2. The van der Waals surface area contributed by atoms with Gasteiger partial charge in [-0.05, 0) is 296 Å². The van der Waals surface area contributed by atoms with Crippen LogP contribution in [0.3, 0.4) is 0 Å². The molecule has 3 nitrogen and oxygen atoms in total. The molecule has 10 aliphatic rings. The molecule has 0 aliphatic heterocycles. The van der Waals surface area contributed by atoms with Crippen LogP contribution in [0.1, 0.15) is 86.5 Å². The van der Waals surface area contributed by atoms with Crippen LogP contribution in [-0.4, -0.2) is 0 Å². The van der Waals surface area contributed by atoms with Gasteiger partial charge in [-0.2, -0.15) is 0 Å². The summed E-state index contributed by atoms with van der Waals surface area (Å²) in [6, 6.07) is 135. The van der Waals surface area contributed by atoms with Crippen molar-refractivity contribution in [2.45, 2.75) is 75.0 Å². The van der Waals surface area contributed by atoms with Gasteiger partial charge in [0.25, 0.3) is 0 Å². The fourth-order valence-corrected chi connectivity index (χ4v) is 24.4. The quantitative estimate of drug-likeness (QED) is 0.122. The minimum Gasteiger partial charge on any atom is -0.456 e. The third-order valence-corrected chi connectivity index (χ3v) is 28.6. The summed E-state index contributed by atoms with van der Waals surface area (Å²) >= 11 is 0. The van der Waals surface area contributed by atoms with Gasteiger partial charge in [-0.1, -0.05) is 285 Å². The van der Waals surface area contributed by atoms with Gasteiger partial charge in [0.15, 0.2) is 0 Å². The molecular formula is C110H88N2O. The number of nitrogens with zero attached hydrogens (tertiary/aromatic N) is 2. The number of rotatable bonds is 12. The highest BCUT2D eigenvalue weighted by molar-refractivity contribution is 6.07. The van der Waals surface area contributed by atoms with Crippen molar-refractivity contribution in [2.24, 2.45) is 47.3 Å². The third kappa shape index (κ3) is 10.7. The van der Waals surface area contributed by atoms with Crippen molar-refractivity contribution >= 4 is 56.1 Å². The van der Waals surface area contributed by atoms with Gasteiger partial charge < -0.3 is 14.2 Å². The Kier molecular flexibility index (Phi) is 15.7. The van der Waals surface area contributed by atoms with E-state index >= 15 is 0 Å². The average molecular weight is 1450 g/mol. The molecule has 0 amide bonds. The van der Waals surface area contributed by atoms with Crippen LogP contribution in [0.5, 0.6) is 0 Å². The van der Waals surface area contributed by atoms with Crippen molar-refractivity contribution in [3.63, 3.8) is 0 Å².